The normalized spacial score (nSPS) is 11.8. The van der Waals surface area contributed by atoms with Crippen molar-refractivity contribution in [2.24, 2.45) is 0 Å². The number of benzene rings is 2. The molecule has 0 saturated heterocycles. The Hall–Kier alpha value is -4.54. The van der Waals surface area contributed by atoms with Crippen molar-refractivity contribution in [1.29, 1.82) is 0 Å². The van der Waals surface area contributed by atoms with Crippen molar-refractivity contribution in [1.82, 2.24) is 10.5 Å². The number of hydrogen-bond acceptors (Lipinski definition) is 8. The highest BCUT2D eigenvalue weighted by atomic mass is 16.5. The van der Waals surface area contributed by atoms with E-state index in [0.29, 0.717) is 47.3 Å². The molecule has 0 saturated carbocycles. The summed E-state index contributed by atoms with van der Waals surface area (Å²) >= 11 is 0. The minimum atomic E-state index is -1.17. The molecule has 0 bridgehead atoms. The van der Waals surface area contributed by atoms with Gasteiger partial charge in [0.15, 0.2) is 17.3 Å². The first kappa shape index (κ1) is 32.0. The van der Waals surface area contributed by atoms with Crippen LogP contribution < -0.4 is 29.7 Å². The largest absolute Gasteiger partial charge is 0.494 e. The molecule has 226 valence electrons. The van der Waals surface area contributed by atoms with Crippen LogP contribution in [0.5, 0.6) is 17.2 Å². The molecule has 0 radical (unpaired) electrons. The van der Waals surface area contributed by atoms with E-state index >= 15 is 0 Å². The number of amides is 3. The Morgan fingerprint density at radius 3 is 2.38 bits per heavy atom. The number of nitrogens with zero attached hydrogens (tertiary/aromatic N) is 2. The summed E-state index contributed by atoms with van der Waals surface area (Å²) in [6.45, 7) is 9.75. The van der Waals surface area contributed by atoms with Gasteiger partial charge < -0.3 is 29.4 Å². The van der Waals surface area contributed by atoms with E-state index in [-0.39, 0.29) is 18.7 Å². The van der Waals surface area contributed by atoms with Crippen LogP contribution in [0.4, 0.5) is 11.5 Å². The molecule has 2 aromatic carbocycles. The predicted molar refractivity (Wildman–Crippen MR) is 159 cm³/mol. The van der Waals surface area contributed by atoms with E-state index in [1.807, 2.05) is 27.7 Å². The van der Waals surface area contributed by atoms with Crippen molar-refractivity contribution in [3.63, 3.8) is 0 Å². The highest BCUT2D eigenvalue weighted by Crippen LogP contribution is 2.40. The molecule has 1 heterocycles. The molecule has 2 N–H and O–H groups in total. The van der Waals surface area contributed by atoms with E-state index < -0.39 is 29.3 Å². The molecule has 11 nitrogen and oxygen atoms in total. The van der Waals surface area contributed by atoms with Crippen LogP contribution in [0.15, 0.2) is 53.1 Å². The van der Waals surface area contributed by atoms with Gasteiger partial charge in [-0.3, -0.25) is 19.3 Å². The van der Waals surface area contributed by atoms with Gasteiger partial charge in [0.25, 0.3) is 0 Å². The SMILES string of the molecule is CCOc1cccc(N(C(=O)CCC(=O)Nc2cc(C)on2)[C@@H](C(=O)NC(C)(C)CC)c2cccc(OC)c2OC)c1. The number of hydrogen-bond donors (Lipinski definition) is 2. The van der Waals surface area contributed by atoms with Gasteiger partial charge in [0, 0.05) is 41.8 Å². The second kappa shape index (κ2) is 14.4. The van der Waals surface area contributed by atoms with Crippen molar-refractivity contribution in [2.75, 3.05) is 31.0 Å². The molecular weight excluding hydrogens is 540 g/mol. The lowest BCUT2D eigenvalue weighted by molar-refractivity contribution is -0.128. The second-order valence-electron chi connectivity index (χ2n) is 10.3. The molecule has 1 aromatic heterocycles. The first-order valence-electron chi connectivity index (χ1n) is 13.8. The summed E-state index contributed by atoms with van der Waals surface area (Å²) in [5.41, 5.74) is 0.260. The highest BCUT2D eigenvalue weighted by molar-refractivity contribution is 6.03. The first-order chi connectivity index (χ1) is 20.0. The molecule has 0 aliphatic heterocycles. The Labute approximate surface area is 246 Å². The summed E-state index contributed by atoms with van der Waals surface area (Å²) in [6.07, 6.45) is 0.293. The average molecular weight is 581 g/mol. The predicted octanol–water partition coefficient (Wildman–Crippen LogP) is 5.20. The number of nitrogens with one attached hydrogen (secondary N) is 2. The number of anilines is 2. The summed E-state index contributed by atoms with van der Waals surface area (Å²) in [4.78, 5) is 42.4. The van der Waals surface area contributed by atoms with Gasteiger partial charge in [0.1, 0.15) is 17.6 Å². The fourth-order valence-corrected chi connectivity index (χ4v) is 4.31. The number of aromatic nitrogens is 1. The van der Waals surface area contributed by atoms with Gasteiger partial charge in [-0.05, 0) is 52.3 Å². The molecule has 3 amide bonds. The standard InChI is InChI=1S/C31H40N4O7/c1-8-31(4,5)33-30(38)28(23-14-11-15-24(39-6)29(23)40-7)35(21-12-10-13-22(19-21)41-9-2)27(37)17-16-26(36)32-25-18-20(3)42-34-25/h10-15,18-19,28H,8-9,16-17H2,1-7H3,(H,33,38)(H,32,34,36)/t28-/m1/s1. The van der Waals surface area contributed by atoms with Crippen LogP contribution in [-0.2, 0) is 14.4 Å². The van der Waals surface area contributed by atoms with Crippen molar-refractivity contribution in [3.05, 3.63) is 59.9 Å². The summed E-state index contributed by atoms with van der Waals surface area (Å²) < 4.78 is 21.9. The lowest BCUT2D eigenvalue weighted by Crippen LogP contribution is -2.50. The molecule has 3 rings (SSSR count). The number of aryl methyl sites for hydroxylation is 1. The molecule has 3 aromatic rings. The number of ether oxygens (including phenoxy) is 3. The zero-order chi connectivity index (χ0) is 30.9. The summed E-state index contributed by atoms with van der Waals surface area (Å²) in [7, 11) is 2.98. The molecular formula is C31H40N4O7. The number of carbonyl (C=O) groups is 3. The molecule has 0 aliphatic rings. The fourth-order valence-electron chi connectivity index (χ4n) is 4.31. The summed E-state index contributed by atoms with van der Waals surface area (Å²) in [6, 6.07) is 12.5. The molecule has 1 atom stereocenters. The lowest BCUT2D eigenvalue weighted by atomic mass is 9.97. The Morgan fingerprint density at radius 2 is 1.76 bits per heavy atom. The second-order valence-corrected chi connectivity index (χ2v) is 10.3. The monoisotopic (exact) mass is 580 g/mol. The summed E-state index contributed by atoms with van der Waals surface area (Å²) in [5, 5.41) is 9.47. The van der Waals surface area contributed by atoms with E-state index in [4.69, 9.17) is 18.7 Å². The maximum absolute atomic E-state index is 14.2. The lowest BCUT2D eigenvalue weighted by Gasteiger charge is -2.35. The number of rotatable bonds is 14. The van der Waals surface area contributed by atoms with Crippen molar-refractivity contribution < 1.29 is 33.1 Å². The third kappa shape index (κ3) is 8.02. The summed E-state index contributed by atoms with van der Waals surface area (Å²) in [5.74, 6) is 0.724. The van der Waals surface area contributed by atoms with Crippen LogP contribution in [0.1, 0.15) is 64.3 Å². The van der Waals surface area contributed by atoms with Gasteiger partial charge in [0.2, 0.25) is 17.7 Å². The maximum Gasteiger partial charge on any atom is 0.248 e. The Morgan fingerprint density at radius 1 is 1.02 bits per heavy atom. The fraction of sp³-hybridized carbons (Fsp3) is 0.419. The van der Waals surface area contributed by atoms with E-state index in [9.17, 15) is 14.4 Å². The minimum Gasteiger partial charge on any atom is -0.494 e. The number of methoxy groups -OCH3 is 2. The maximum atomic E-state index is 14.2. The quantitative estimate of drug-likeness (QED) is 0.266. The minimum absolute atomic E-state index is 0.156. The van der Waals surface area contributed by atoms with Crippen LogP contribution >= 0.6 is 0 Å². The molecule has 0 unspecified atom stereocenters. The zero-order valence-corrected chi connectivity index (χ0v) is 25.3. The van der Waals surface area contributed by atoms with E-state index in [1.54, 1.807) is 55.5 Å². The Kier molecular flexibility index (Phi) is 11.0. The van der Waals surface area contributed by atoms with Crippen LogP contribution in [0.25, 0.3) is 0 Å². The topological polar surface area (TPSA) is 132 Å². The molecule has 0 spiro atoms. The molecule has 0 fully saturated rings. The zero-order valence-electron chi connectivity index (χ0n) is 25.3. The Bertz CT molecular complexity index is 1390. The van der Waals surface area contributed by atoms with Crippen molar-refractivity contribution in [2.45, 2.75) is 65.5 Å². The van der Waals surface area contributed by atoms with Crippen molar-refractivity contribution in [3.8, 4) is 17.2 Å². The highest BCUT2D eigenvalue weighted by Gasteiger charge is 2.37. The van der Waals surface area contributed by atoms with Gasteiger partial charge in [-0.2, -0.15) is 0 Å². The molecule has 11 heteroatoms. The van der Waals surface area contributed by atoms with E-state index in [0.717, 1.165) is 0 Å². The van der Waals surface area contributed by atoms with Crippen LogP contribution in [0.3, 0.4) is 0 Å². The van der Waals surface area contributed by atoms with Crippen LogP contribution in [0.2, 0.25) is 0 Å². The number of carbonyl (C=O) groups excluding carboxylic acids is 3. The molecule has 0 aliphatic carbocycles. The van der Waals surface area contributed by atoms with Crippen molar-refractivity contribution >= 4 is 29.2 Å². The van der Waals surface area contributed by atoms with Gasteiger partial charge in [-0.25, -0.2) is 0 Å². The van der Waals surface area contributed by atoms with E-state index in [1.165, 1.54) is 19.1 Å². The van der Waals surface area contributed by atoms with Gasteiger partial charge >= 0.3 is 0 Å². The first-order valence-corrected chi connectivity index (χ1v) is 13.8. The van der Waals surface area contributed by atoms with Gasteiger partial charge in [-0.1, -0.05) is 30.3 Å². The average Bonchev–Trinajstić information content (AvgIpc) is 3.38. The van der Waals surface area contributed by atoms with E-state index in [2.05, 4.69) is 15.8 Å². The van der Waals surface area contributed by atoms with Crippen LogP contribution in [-0.4, -0.2) is 49.2 Å². The van der Waals surface area contributed by atoms with Crippen LogP contribution in [0, 0.1) is 6.92 Å². The van der Waals surface area contributed by atoms with Gasteiger partial charge in [-0.15, -0.1) is 0 Å². The smallest absolute Gasteiger partial charge is 0.248 e. The third-order valence-corrected chi connectivity index (χ3v) is 6.72. The van der Waals surface area contributed by atoms with Gasteiger partial charge in [0.05, 0.1) is 20.8 Å². The Balaban J connectivity index is 2.11. The third-order valence-electron chi connectivity index (χ3n) is 6.72. The molecule has 42 heavy (non-hydrogen) atoms. The number of para-hydroxylation sites is 1.